The van der Waals surface area contributed by atoms with Gasteiger partial charge in [0.25, 0.3) is 0 Å². The number of aliphatic hydroxyl groups is 1. The highest BCUT2D eigenvalue weighted by molar-refractivity contribution is 6.32. The van der Waals surface area contributed by atoms with Crippen LogP contribution < -0.4 is 5.32 Å². The molecule has 3 nitrogen and oxygen atoms in total. The zero-order chi connectivity index (χ0) is 12.0. The minimum Gasteiger partial charge on any atom is -0.506 e. The van der Waals surface area contributed by atoms with Crippen LogP contribution in [0.4, 0.5) is 0 Å². The number of halogens is 1. The average Bonchev–Trinajstić information content (AvgIpc) is 2.29. The molecule has 0 aliphatic rings. The highest BCUT2D eigenvalue weighted by Crippen LogP contribution is 2.26. The van der Waals surface area contributed by atoms with Crippen LogP contribution in [0, 0.1) is 0 Å². The second kappa shape index (κ2) is 6.74. The zero-order valence-corrected chi connectivity index (χ0v) is 10.2. The van der Waals surface area contributed by atoms with Crippen molar-refractivity contribution in [2.75, 3.05) is 6.61 Å². The zero-order valence-electron chi connectivity index (χ0n) is 9.41. The van der Waals surface area contributed by atoms with Gasteiger partial charge in [-0.2, -0.15) is 0 Å². The van der Waals surface area contributed by atoms with E-state index >= 15 is 0 Å². The Morgan fingerprint density at radius 1 is 1.44 bits per heavy atom. The molecule has 0 radical (unpaired) electrons. The van der Waals surface area contributed by atoms with E-state index in [1.54, 1.807) is 6.07 Å². The number of para-hydroxylation sites is 1. The van der Waals surface area contributed by atoms with Crippen molar-refractivity contribution in [3.63, 3.8) is 0 Å². The van der Waals surface area contributed by atoms with Crippen molar-refractivity contribution in [1.82, 2.24) is 5.32 Å². The van der Waals surface area contributed by atoms with Crippen LogP contribution in [0.2, 0.25) is 5.02 Å². The summed E-state index contributed by atoms with van der Waals surface area (Å²) in [5.74, 6) is 0.135. The van der Waals surface area contributed by atoms with Crippen molar-refractivity contribution in [2.24, 2.45) is 0 Å². The van der Waals surface area contributed by atoms with Crippen LogP contribution in [0.3, 0.4) is 0 Å². The Bertz CT molecular complexity index is 331. The number of nitrogens with one attached hydrogen (secondary N) is 1. The summed E-state index contributed by atoms with van der Waals surface area (Å²) in [5, 5.41) is 22.2. The first-order valence-corrected chi connectivity index (χ1v) is 5.87. The molecule has 90 valence electrons. The molecule has 0 aromatic heterocycles. The third-order valence-electron chi connectivity index (χ3n) is 2.62. The smallest absolute Gasteiger partial charge is 0.138 e. The highest BCUT2D eigenvalue weighted by Gasteiger charge is 2.08. The fourth-order valence-corrected chi connectivity index (χ4v) is 1.76. The Hall–Kier alpha value is -0.770. The maximum absolute atomic E-state index is 9.69. The standard InChI is InChI=1S/C12H18ClNO2/c1-2-10(6-7-15)14-8-9-4-3-5-11(13)12(9)16/h3-5,10,14-16H,2,6-8H2,1H3. The molecule has 0 fully saturated rings. The molecule has 0 bridgehead atoms. The Labute approximate surface area is 101 Å². The number of aromatic hydroxyl groups is 1. The van der Waals surface area contributed by atoms with Crippen molar-refractivity contribution in [3.05, 3.63) is 28.8 Å². The third-order valence-corrected chi connectivity index (χ3v) is 2.93. The molecule has 0 saturated heterocycles. The van der Waals surface area contributed by atoms with Gasteiger partial charge in [-0.3, -0.25) is 0 Å². The Balaban J connectivity index is 2.56. The van der Waals surface area contributed by atoms with Crippen LogP contribution in [0.25, 0.3) is 0 Å². The number of hydrogen-bond acceptors (Lipinski definition) is 3. The van der Waals surface area contributed by atoms with Crippen molar-refractivity contribution >= 4 is 11.6 Å². The van der Waals surface area contributed by atoms with Crippen molar-refractivity contribution in [2.45, 2.75) is 32.4 Å². The van der Waals surface area contributed by atoms with E-state index < -0.39 is 0 Å². The first-order valence-electron chi connectivity index (χ1n) is 5.49. The molecule has 0 heterocycles. The van der Waals surface area contributed by atoms with Gasteiger partial charge < -0.3 is 15.5 Å². The Morgan fingerprint density at radius 2 is 2.19 bits per heavy atom. The molecule has 1 unspecified atom stereocenters. The molecular formula is C12H18ClNO2. The summed E-state index contributed by atoms with van der Waals surface area (Å²) in [4.78, 5) is 0. The average molecular weight is 244 g/mol. The highest BCUT2D eigenvalue weighted by atomic mass is 35.5. The van der Waals surface area contributed by atoms with E-state index in [0.717, 1.165) is 18.4 Å². The summed E-state index contributed by atoms with van der Waals surface area (Å²) in [7, 11) is 0. The normalized spacial score (nSPS) is 12.7. The third kappa shape index (κ3) is 3.67. The fraction of sp³-hybridized carbons (Fsp3) is 0.500. The molecule has 0 aliphatic heterocycles. The molecular weight excluding hydrogens is 226 g/mol. The maximum atomic E-state index is 9.69. The lowest BCUT2D eigenvalue weighted by Crippen LogP contribution is -2.28. The summed E-state index contributed by atoms with van der Waals surface area (Å²) in [6.45, 7) is 2.79. The lowest BCUT2D eigenvalue weighted by atomic mass is 10.1. The van der Waals surface area contributed by atoms with Crippen LogP contribution in [-0.2, 0) is 6.54 Å². The van der Waals surface area contributed by atoms with Gasteiger partial charge >= 0.3 is 0 Å². The lowest BCUT2D eigenvalue weighted by molar-refractivity contribution is 0.261. The molecule has 3 N–H and O–H groups in total. The van der Waals surface area contributed by atoms with E-state index in [2.05, 4.69) is 12.2 Å². The minimum absolute atomic E-state index is 0.135. The van der Waals surface area contributed by atoms with Gasteiger partial charge in [0.2, 0.25) is 0 Å². The first kappa shape index (κ1) is 13.3. The topological polar surface area (TPSA) is 52.5 Å². The first-order chi connectivity index (χ1) is 7.69. The molecule has 0 saturated carbocycles. The van der Waals surface area contributed by atoms with Crippen LogP contribution in [0.5, 0.6) is 5.75 Å². The van der Waals surface area contributed by atoms with E-state index in [9.17, 15) is 5.11 Å². The SMILES string of the molecule is CCC(CCO)NCc1cccc(Cl)c1O. The summed E-state index contributed by atoms with van der Waals surface area (Å²) < 4.78 is 0. The molecule has 1 aromatic rings. The summed E-state index contributed by atoms with van der Waals surface area (Å²) in [6.07, 6.45) is 1.67. The second-order valence-corrected chi connectivity index (χ2v) is 4.15. The Morgan fingerprint density at radius 3 is 2.81 bits per heavy atom. The predicted molar refractivity (Wildman–Crippen MR) is 65.7 cm³/mol. The van der Waals surface area contributed by atoms with Gasteiger partial charge in [-0.25, -0.2) is 0 Å². The van der Waals surface area contributed by atoms with E-state index in [4.69, 9.17) is 16.7 Å². The van der Waals surface area contributed by atoms with Crippen molar-refractivity contribution in [3.8, 4) is 5.75 Å². The quantitative estimate of drug-likeness (QED) is 0.719. The fourth-order valence-electron chi connectivity index (χ4n) is 1.56. The predicted octanol–water partition coefficient (Wildman–Crippen LogP) is 2.30. The van der Waals surface area contributed by atoms with E-state index in [0.29, 0.717) is 11.6 Å². The monoisotopic (exact) mass is 243 g/mol. The van der Waals surface area contributed by atoms with E-state index in [1.807, 2.05) is 12.1 Å². The maximum Gasteiger partial charge on any atom is 0.138 e. The Kier molecular flexibility index (Phi) is 5.60. The molecule has 0 aliphatic carbocycles. The van der Waals surface area contributed by atoms with Gasteiger partial charge in [0.1, 0.15) is 5.75 Å². The van der Waals surface area contributed by atoms with Crippen LogP contribution >= 0.6 is 11.6 Å². The van der Waals surface area contributed by atoms with Gasteiger partial charge in [-0.15, -0.1) is 0 Å². The number of rotatable bonds is 6. The molecule has 4 heteroatoms. The largest absolute Gasteiger partial charge is 0.506 e. The lowest BCUT2D eigenvalue weighted by Gasteiger charge is -2.16. The van der Waals surface area contributed by atoms with Gasteiger partial charge in [0.15, 0.2) is 0 Å². The number of aliphatic hydroxyl groups excluding tert-OH is 1. The molecule has 1 rings (SSSR count). The van der Waals surface area contributed by atoms with Gasteiger partial charge in [0.05, 0.1) is 5.02 Å². The summed E-state index contributed by atoms with van der Waals surface area (Å²) in [6, 6.07) is 5.57. The number of phenols is 1. The second-order valence-electron chi connectivity index (χ2n) is 3.75. The van der Waals surface area contributed by atoms with Crippen LogP contribution in [-0.4, -0.2) is 22.9 Å². The summed E-state index contributed by atoms with van der Waals surface area (Å²) >= 11 is 5.81. The molecule has 16 heavy (non-hydrogen) atoms. The van der Waals surface area contributed by atoms with Gasteiger partial charge in [0, 0.05) is 24.8 Å². The number of hydrogen-bond donors (Lipinski definition) is 3. The molecule has 1 aromatic carbocycles. The summed E-state index contributed by atoms with van der Waals surface area (Å²) in [5.41, 5.74) is 0.781. The molecule has 0 spiro atoms. The van der Waals surface area contributed by atoms with Crippen LogP contribution in [0.15, 0.2) is 18.2 Å². The van der Waals surface area contributed by atoms with Crippen molar-refractivity contribution < 1.29 is 10.2 Å². The number of phenolic OH excluding ortho intramolecular Hbond substituents is 1. The minimum atomic E-state index is 0.135. The van der Waals surface area contributed by atoms with Crippen LogP contribution in [0.1, 0.15) is 25.3 Å². The number of benzene rings is 1. The van der Waals surface area contributed by atoms with E-state index in [1.165, 1.54) is 0 Å². The van der Waals surface area contributed by atoms with Gasteiger partial charge in [-0.05, 0) is 18.9 Å². The van der Waals surface area contributed by atoms with Crippen molar-refractivity contribution in [1.29, 1.82) is 0 Å². The van der Waals surface area contributed by atoms with E-state index in [-0.39, 0.29) is 18.4 Å². The molecule has 1 atom stereocenters. The van der Waals surface area contributed by atoms with Gasteiger partial charge in [-0.1, -0.05) is 30.7 Å². The molecule has 0 amide bonds.